The van der Waals surface area contributed by atoms with Gasteiger partial charge in [0.05, 0.1) is 0 Å². The zero-order valence-corrected chi connectivity index (χ0v) is 12.0. The molecule has 0 spiro atoms. The Morgan fingerprint density at radius 1 is 0.625 bits per heavy atom. The molecule has 0 aliphatic rings. The van der Waals surface area contributed by atoms with Crippen molar-refractivity contribution in [2.75, 3.05) is 39.8 Å². The van der Waals surface area contributed by atoms with Crippen molar-refractivity contribution in [3.05, 3.63) is 0 Å². The molecule has 2 heteroatoms. The van der Waals surface area contributed by atoms with Gasteiger partial charge in [0.15, 0.2) is 0 Å². The minimum absolute atomic E-state index is 1.23. The summed E-state index contributed by atoms with van der Waals surface area (Å²) >= 11 is 0. The number of hydrogen-bond acceptors (Lipinski definition) is 2. The molecule has 0 aliphatic heterocycles. The normalized spacial score (nSPS) is 11.6. The van der Waals surface area contributed by atoms with E-state index in [1.54, 1.807) is 0 Å². The monoisotopic (exact) mass is 228 g/mol. The Hall–Kier alpha value is -0.0800. The second kappa shape index (κ2) is 11.4. The lowest BCUT2D eigenvalue weighted by Gasteiger charge is -2.25. The highest BCUT2D eigenvalue weighted by molar-refractivity contribution is 4.60. The highest BCUT2D eigenvalue weighted by Gasteiger charge is 2.04. The van der Waals surface area contributed by atoms with Crippen LogP contribution in [0.15, 0.2) is 0 Å². The lowest BCUT2D eigenvalue weighted by atomic mass is 10.3. The third-order valence-electron chi connectivity index (χ3n) is 3.06. The van der Waals surface area contributed by atoms with Crippen molar-refractivity contribution >= 4 is 0 Å². The standard InChI is InChI=1S/C14H32N2/c1-5-8-11-15(4)13-14-16(10-7-3)12-9-6-2/h5-14H2,1-4H3. The van der Waals surface area contributed by atoms with E-state index in [1.165, 1.54) is 64.8 Å². The molecule has 0 radical (unpaired) electrons. The fourth-order valence-electron chi connectivity index (χ4n) is 1.89. The number of hydrogen-bond donors (Lipinski definition) is 0. The first-order valence-corrected chi connectivity index (χ1v) is 7.15. The number of nitrogens with zero attached hydrogens (tertiary/aromatic N) is 2. The van der Waals surface area contributed by atoms with Gasteiger partial charge in [-0.3, -0.25) is 0 Å². The van der Waals surface area contributed by atoms with Gasteiger partial charge in [-0.1, -0.05) is 33.6 Å². The van der Waals surface area contributed by atoms with Gasteiger partial charge in [-0.2, -0.15) is 0 Å². The summed E-state index contributed by atoms with van der Waals surface area (Å²) in [5.74, 6) is 0. The first-order chi connectivity index (χ1) is 7.74. The molecule has 0 aliphatic carbocycles. The molecule has 2 nitrogen and oxygen atoms in total. The van der Waals surface area contributed by atoms with Crippen LogP contribution in [0.5, 0.6) is 0 Å². The van der Waals surface area contributed by atoms with E-state index in [4.69, 9.17) is 0 Å². The van der Waals surface area contributed by atoms with Gasteiger partial charge in [0.1, 0.15) is 0 Å². The second-order valence-corrected chi connectivity index (χ2v) is 4.85. The van der Waals surface area contributed by atoms with Gasteiger partial charge in [-0.15, -0.1) is 0 Å². The maximum Gasteiger partial charge on any atom is 0.0109 e. The Balaban J connectivity index is 3.63. The van der Waals surface area contributed by atoms with E-state index < -0.39 is 0 Å². The quantitative estimate of drug-likeness (QED) is 0.536. The molecule has 0 rings (SSSR count). The molecule has 0 unspecified atom stereocenters. The van der Waals surface area contributed by atoms with E-state index in [0.29, 0.717) is 0 Å². The molecule has 0 aromatic rings. The van der Waals surface area contributed by atoms with Crippen LogP contribution in [0.25, 0.3) is 0 Å². The van der Waals surface area contributed by atoms with Gasteiger partial charge >= 0.3 is 0 Å². The third-order valence-corrected chi connectivity index (χ3v) is 3.06. The Kier molecular flexibility index (Phi) is 11.3. The van der Waals surface area contributed by atoms with Crippen LogP contribution in [-0.4, -0.2) is 49.6 Å². The minimum atomic E-state index is 1.23. The van der Waals surface area contributed by atoms with Crippen molar-refractivity contribution in [3.63, 3.8) is 0 Å². The summed E-state index contributed by atoms with van der Waals surface area (Å²) in [4.78, 5) is 5.09. The average Bonchev–Trinajstić information content (AvgIpc) is 2.30. The molecule has 16 heavy (non-hydrogen) atoms. The van der Waals surface area contributed by atoms with Crippen LogP contribution >= 0.6 is 0 Å². The van der Waals surface area contributed by atoms with E-state index >= 15 is 0 Å². The Labute approximate surface area is 103 Å². The van der Waals surface area contributed by atoms with Gasteiger partial charge in [0.25, 0.3) is 0 Å². The first kappa shape index (κ1) is 15.9. The maximum absolute atomic E-state index is 2.62. The number of unbranched alkanes of at least 4 members (excludes halogenated alkanes) is 2. The van der Waals surface area contributed by atoms with Crippen molar-refractivity contribution in [2.24, 2.45) is 0 Å². The summed E-state index contributed by atoms with van der Waals surface area (Å²) in [6.07, 6.45) is 6.57. The van der Waals surface area contributed by atoms with E-state index in [9.17, 15) is 0 Å². The Morgan fingerprint density at radius 3 is 1.81 bits per heavy atom. The number of likely N-dealkylation sites (N-methyl/N-ethyl adjacent to an activating group) is 1. The molecule has 0 aromatic carbocycles. The highest BCUT2D eigenvalue weighted by atomic mass is 15.2. The molecular formula is C14H32N2. The predicted octanol–water partition coefficient (Wildman–Crippen LogP) is 3.23. The topological polar surface area (TPSA) is 6.48 Å². The molecule has 0 aromatic heterocycles. The predicted molar refractivity (Wildman–Crippen MR) is 74.0 cm³/mol. The van der Waals surface area contributed by atoms with Gasteiger partial charge in [-0.25, -0.2) is 0 Å². The van der Waals surface area contributed by atoms with E-state index in [-0.39, 0.29) is 0 Å². The highest BCUT2D eigenvalue weighted by Crippen LogP contribution is 1.98. The molecule has 0 fully saturated rings. The van der Waals surface area contributed by atoms with Gasteiger partial charge in [0, 0.05) is 13.1 Å². The van der Waals surface area contributed by atoms with E-state index in [2.05, 4.69) is 37.6 Å². The van der Waals surface area contributed by atoms with Crippen LogP contribution in [0.4, 0.5) is 0 Å². The van der Waals surface area contributed by atoms with E-state index in [1.807, 2.05) is 0 Å². The summed E-state index contributed by atoms with van der Waals surface area (Å²) < 4.78 is 0. The van der Waals surface area contributed by atoms with Gasteiger partial charge < -0.3 is 9.80 Å². The Morgan fingerprint density at radius 2 is 1.25 bits per heavy atom. The van der Waals surface area contributed by atoms with Crippen LogP contribution in [0.2, 0.25) is 0 Å². The Bertz CT molecular complexity index is 137. The molecule has 0 saturated heterocycles. The largest absolute Gasteiger partial charge is 0.305 e. The molecule has 0 atom stereocenters. The summed E-state index contributed by atoms with van der Waals surface area (Å²) in [5, 5.41) is 0. The summed E-state index contributed by atoms with van der Waals surface area (Å²) in [6.45, 7) is 13.1. The van der Waals surface area contributed by atoms with Gasteiger partial charge in [0.2, 0.25) is 0 Å². The lowest BCUT2D eigenvalue weighted by molar-refractivity contribution is 0.221. The van der Waals surface area contributed by atoms with Crippen LogP contribution in [-0.2, 0) is 0 Å². The number of rotatable bonds is 11. The molecule has 0 saturated carbocycles. The SMILES string of the molecule is CCCCN(C)CCN(CCC)CCCC. The summed E-state index contributed by atoms with van der Waals surface area (Å²) in [5.41, 5.74) is 0. The second-order valence-electron chi connectivity index (χ2n) is 4.85. The van der Waals surface area contributed by atoms with Crippen LogP contribution in [0.1, 0.15) is 52.9 Å². The zero-order chi connectivity index (χ0) is 12.2. The van der Waals surface area contributed by atoms with Crippen molar-refractivity contribution in [3.8, 4) is 0 Å². The van der Waals surface area contributed by atoms with Crippen LogP contribution in [0, 0.1) is 0 Å². The maximum atomic E-state index is 2.62. The zero-order valence-electron chi connectivity index (χ0n) is 12.0. The van der Waals surface area contributed by atoms with Crippen molar-refractivity contribution in [2.45, 2.75) is 52.9 Å². The van der Waals surface area contributed by atoms with Crippen LogP contribution < -0.4 is 0 Å². The third kappa shape index (κ3) is 9.17. The molecule has 98 valence electrons. The van der Waals surface area contributed by atoms with Crippen molar-refractivity contribution < 1.29 is 0 Å². The molecule has 0 bridgehead atoms. The molecular weight excluding hydrogens is 196 g/mol. The van der Waals surface area contributed by atoms with Crippen LogP contribution in [0.3, 0.4) is 0 Å². The van der Waals surface area contributed by atoms with Crippen molar-refractivity contribution in [1.82, 2.24) is 9.80 Å². The molecule has 0 heterocycles. The van der Waals surface area contributed by atoms with E-state index in [0.717, 1.165) is 0 Å². The minimum Gasteiger partial charge on any atom is -0.305 e. The first-order valence-electron chi connectivity index (χ1n) is 7.15. The molecule has 0 amide bonds. The fraction of sp³-hybridized carbons (Fsp3) is 1.00. The van der Waals surface area contributed by atoms with Crippen molar-refractivity contribution in [1.29, 1.82) is 0 Å². The smallest absolute Gasteiger partial charge is 0.0109 e. The fourth-order valence-corrected chi connectivity index (χ4v) is 1.89. The summed E-state index contributed by atoms with van der Waals surface area (Å²) in [7, 11) is 2.25. The molecule has 0 N–H and O–H groups in total. The average molecular weight is 228 g/mol. The lowest BCUT2D eigenvalue weighted by Crippen LogP contribution is -2.34. The van der Waals surface area contributed by atoms with Gasteiger partial charge in [-0.05, 0) is 45.9 Å². The summed E-state index contributed by atoms with van der Waals surface area (Å²) in [6, 6.07) is 0.